The van der Waals surface area contributed by atoms with E-state index in [2.05, 4.69) is 15.6 Å². The Morgan fingerprint density at radius 3 is 2.83 bits per heavy atom. The van der Waals surface area contributed by atoms with Crippen LogP contribution < -0.4 is 15.4 Å². The molecule has 0 amide bonds. The fraction of sp³-hybridized carbons (Fsp3) is 0.562. The van der Waals surface area contributed by atoms with E-state index in [-0.39, 0.29) is 12.6 Å². The Morgan fingerprint density at radius 1 is 1.38 bits per heavy atom. The lowest BCUT2D eigenvalue weighted by molar-refractivity contribution is -0.142. The molecule has 2 N–H and O–H groups in total. The second-order valence-electron chi connectivity index (χ2n) is 5.72. The highest BCUT2D eigenvalue weighted by atomic mass is 19.4. The average Bonchev–Trinajstić information content (AvgIpc) is 2.52. The minimum absolute atomic E-state index is 0.0639. The van der Waals surface area contributed by atoms with Gasteiger partial charge in [-0.2, -0.15) is 13.2 Å². The zero-order chi connectivity index (χ0) is 17.6. The number of alkyl halides is 3. The first-order valence-electron chi connectivity index (χ1n) is 7.83. The van der Waals surface area contributed by atoms with Crippen LogP contribution in [0.3, 0.4) is 0 Å². The molecule has 0 aromatic heterocycles. The van der Waals surface area contributed by atoms with Crippen LogP contribution in [0.2, 0.25) is 0 Å². The molecule has 0 fully saturated rings. The van der Waals surface area contributed by atoms with Gasteiger partial charge in [0.25, 0.3) is 0 Å². The Kier molecular flexibility index (Phi) is 6.30. The summed E-state index contributed by atoms with van der Waals surface area (Å²) >= 11 is 0. The van der Waals surface area contributed by atoms with Crippen LogP contribution in [0.15, 0.2) is 29.3 Å². The van der Waals surface area contributed by atoms with Crippen molar-refractivity contribution < 1.29 is 17.9 Å². The monoisotopic (exact) mass is 344 g/mol. The van der Waals surface area contributed by atoms with Crippen molar-refractivity contribution in [2.45, 2.75) is 18.6 Å². The molecule has 0 saturated heterocycles. The van der Waals surface area contributed by atoms with E-state index in [0.29, 0.717) is 19.1 Å². The van der Waals surface area contributed by atoms with Crippen LogP contribution >= 0.6 is 0 Å². The number of halogens is 3. The van der Waals surface area contributed by atoms with E-state index < -0.39 is 12.7 Å². The summed E-state index contributed by atoms with van der Waals surface area (Å²) in [4.78, 5) is 5.37. The Morgan fingerprint density at radius 2 is 2.12 bits per heavy atom. The molecule has 1 aromatic carbocycles. The van der Waals surface area contributed by atoms with Crippen molar-refractivity contribution in [3.8, 4) is 5.75 Å². The average molecular weight is 344 g/mol. The van der Waals surface area contributed by atoms with Crippen LogP contribution in [0.1, 0.15) is 18.0 Å². The molecule has 0 saturated carbocycles. The Bertz CT molecular complexity index is 562. The Labute approximate surface area is 139 Å². The summed E-state index contributed by atoms with van der Waals surface area (Å²) in [6, 6.07) is 7.85. The van der Waals surface area contributed by atoms with Crippen molar-refractivity contribution in [2.75, 3.05) is 40.3 Å². The SMILES string of the molecule is CN=C(NCCN(C)CC(F)(F)F)NC1CCOc2ccccc21. The summed E-state index contributed by atoms with van der Waals surface area (Å²) < 4.78 is 42.5. The van der Waals surface area contributed by atoms with Crippen molar-refractivity contribution in [1.29, 1.82) is 0 Å². The molecule has 1 aliphatic heterocycles. The Balaban J connectivity index is 1.83. The zero-order valence-electron chi connectivity index (χ0n) is 13.9. The molecule has 1 atom stereocenters. The summed E-state index contributed by atoms with van der Waals surface area (Å²) in [5.74, 6) is 1.42. The zero-order valence-corrected chi connectivity index (χ0v) is 13.9. The number of guanidine groups is 1. The lowest BCUT2D eigenvalue weighted by Gasteiger charge is -2.28. The molecule has 5 nitrogen and oxygen atoms in total. The molecule has 1 heterocycles. The molecule has 1 aliphatic rings. The van der Waals surface area contributed by atoms with E-state index >= 15 is 0 Å². The summed E-state index contributed by atoms with van der Waals surface area (Å²) in [7, 11) is 3.08. The number of likely N-dealkylation sites (N-methyl/N-ethyl adjacent to an activating group) is 1. The molecule has 0 radical (unpaired) electrons. The number of nitrogens with one attached hydrogen (secondary N) is 2. The van der Waals surface area contributed by atoms with E-state index in [4.69, 9.17) is 4.74 Å². The number of fused-ring (bicyclic) bond motifs is 1. The third-order valence-electron chi connectivity index (χ3n) is 3.73. The van der Waals surface area contributed by atoms with Gasteiger partial charge in [-0.05, 0) is 13.1 Å². The van der Waals surface area contributed by atoms with Crippen LogP contribution in [0.4, 0.5) is 13.2 Å². The van der Waals surface area contributed by atoms with Gasteiger partial charge in [0.2, 0.25) is 0 Å². The molecular weight excluding hydrogens is 321 g/mol. The van der Waals surface area contributed by atoms with Gasteiger partial charge in [0, 0.05) is 32.1 Å². The highest BCUT2D eigenvalue weighted by Crippen LogP contribution is 2.31. The molecule has 24 heavy (non-hydrogen) atoms. The maximum atomic E-state index is 12.3. The van der Waals surface area contributed by atoms with Gasteiger partial charge in [0.15, 0.2) is 5.96 Å². The van der Waals surface area contributed by atoms with E-state index in [1.807, 2.05) is 24.3 Å². The van der Waals surface area contributed by atoms with E-state index in [0.717, 1.165) is 17.7 Å². The summed E-state index contributed by atoms with van der Waals surface area (Å²) in [5.41, 5.74) is 1.06. The fourth-order valence-corrected chi connectivity index (χ4v) is 2.60. The first-order chi connectivity index (χ1) is 11.4. The molecule has 1 aromatic rings. The van der Waals surface area contributed by atoms with Gasteiger partial charge in [-0.1, -0.05) is 18.2 Å². The van der Waals surface area contributed by atoms with E-state index in [1.165, 1.54) is 11.9 Å². The van der Waals surface area contributed by atoms with E-state index in [1.54, 1.807) is 7.05 Å². The molecule has 8 heteroatoms. The number of ether oxygens (including phenoxy) is 1. The molecule has 1 unspecified atom stereocenters. The predicted molar refractivity (Wildman–Crippen MR) is 87.3 cm³/mol. The normalized spacial score (nSPS) is 18.1. The highest BCUT2D eigenvalue weighted by molar-refractivity contribution is 5.80. The van der Waals surface area contributed by atoms with Gasteiger partial charge in [-0.25, -0.2) is 0 Å². The molecule has 134 valence electrons. The van der Waals surface area contributed by atoms with Gasteiger partial charge in [-0.3, -0.25) is 9.89 Å². The lowest BCUT2D eigenvalue weighted by Crippen LogP contribution is -2.44. The topological polar surface area (TPSA) is 48.9 Å². The van der Waals surface area contributed by atoms with Gasteiger partial charge < -0.3 is 15.4 Å². The largest absolute Gasteiger partial charge is 0.493 e. The maximum absolute atomic E-state index is 12.3. The minimum Gasteiger partial charge on any atom is -0.493 e. The van der Waals surface area contributed by atoms with Gasteiger partial charge in [0.1, 0.15) is 5.75 Å². The number of benzene rings is 1. The first-order valence-corrected chi connectivity index (χ1v) is 7.83. The summed E-state index contributed by atoms with van der Waals surface area (Å²) in [6.45, 7) is 0.329. The van der Waals surface area contributed by atoms with Crippen LogP contribution in [-0.2, 0) is 0 Å². The summed E-state index contributed by atoms with van der Waals surface area (Å²) in [6.07, 6.45) is -3.38. The standard InChI is InChI=1S/C16H23F3N4O/c1-20-15(21-8-9-23(2)11-16(17,18)19)22-13-7-10-24-14-6-4-3-5-12(13)14/h3-6,13H,7-11H2,1-2H3,(H2,20,21,22). The van der Waals surface area contributed by atoms with Gasteiger partial charge in [0.05, 0.1) is 19.2 Å². The number of hydrogen-bond acceptors (Lipinski definition) is 3. The van der Waals surface area contributed by atoms with Crippen molar-refractivity contribution in [3.05, 3.63) is 29.8 Å². The van der Waals surface area contributed by atoms with Crippen molar-refractivity contribution >= 4 is 5.96 Å². The second-order valence-corrected chi connectivity index (χ2v) is 5.72. The van der Waals surface area contributed by atoms with Crippen LogP contribution in [-0.4, -0.2) is 57.4 Å². The van der Waals surface area contributed by atoms with Crippen LogP contribution in [0.25, 0.3) is 0 Å². The number of nitrogens with zero attached hydrogens (tertiary/aromatic N) is 2. The molecule has 0 bridgehead atoms. The third-order valence-corrected chi connectivity index (χ3v) is 3.73. The number of hydrogen-bond donors (Lipinski definition) is 2. The quantitative estimate of drug-likeness (QED) is 0.635. The van der Waals surface area contributed by atoms with Crippen LogP contribution in [0, 0.1) is 0 Å². The van der Waals surface area contributed by atoms with Crippen molar-refractivity contribution in [3.63, 3.8) is 0 Å². The smallest absolute Gasteiger partial charge is 0.401 e. The van der Waals surface area contributed by atoms with Crippen LogP contribution in [0.5, 0.6) is 5.75 Å². The lowest BCUT2D eigenvalue weighted by atomic mass is 10.0. The van der Waals surface area contributed by atoms with Crippen molar-refractivity contribution in [1.82, 2.24) is 15.5 Å². The first kappa shape index (κ1) is 18.4. The maximum Gasteiger partial charge on any atom is 0.401 e. The second kappa shape index (κ2) is 8.23. The Hall–Kier alpha value is -1.96. The van der Waals surface area contributed by atoms with Gasteiger partial charge in [-0.15, -0.1) is 0 Å². The van der Waals surface area contributed by atoms with Crippen molar-refractivity contribution in [2.24, 2.45) is 4.99 Å². The van der Waals surface area contributed by atoms with Gasteiger partial charge >= 0.3 is 6.18 Å². The molecule has 0 spiro atoms. The highest BCUT2D eigenvalue weighted by Gasteiger charge is 2.29. The molecule has 2 rings (SSSR count). The fourth-order valence-electron chi connectivity index (χ4n) is 2.60. The summed E-state index contributed by atoms with van der Waals surface area (Å²) in [5, 5.41) is 6.36. The number of para-hydroxylation sites is 1. The minimum atomic E-state index is -4.18. The number of rotatable bonds is 5. The molecular formula is C16H23F3N4O. The van der Waals surface area contributed by atoms with E-state index in [9.17, 15) is 13.2 Å². The molecule has 0 aliphatic carbocycles. The third kappa shape index (κ3) is 5.59. The number of aliphatic imine (C=N–C) groups is 1. The predicted octanol–water partition coefficient (Wildman–Crippen LogP) is 2.17.